The van der Waals surface area contributed by atoms with Gasteiger partial charge in [-0.15, -0.1) is 0 Å². The minimum absolute atomic E-state index is 0.0226. The molecule has 0 radical (unpaired) electrons. The fraction of sp³-hybridized carbons (Fsp3) is 0.762. The van der Waals surface area contributed by atoms with Gasteiger partial charge >= 0.3 is 12.1 Å². The van der Waals surface area contributed by atoms with Crippen molar-refractivity contribution in [2.45, 2.75) is 253 Å². The van der Waals surface area contributed by atoms with E-state index in [2.05, 4.69) is 46.7 Å². The number of nitrogens with two attached hydrogens (primary N) is 1. The number of primary amides is 1. The largest absolute Gasteiger partial charge is 0.445 e. The van der Waals surface area contributed by atoms with E-state index in [0.717, 1.165) is 24.0 Å². The normalized spacial score (nSPS) is 36.8. The van der Waals surface area contributed by atoms with Crippen LogP contribution in [-0.4, -0.2) is 175 Å². The maximum absolute atomic E-state index is 14.5. The van der Waals surface area contributed by atoms with E-state index in [1.165, 1.54) is 0 Å². The number of rotatable bonds is 18. The minimum atomic E-state index is -1.60. The van der Waals surface area contributed by atoms with Gasteiger partial charge < -0.3 is 85.5 Å². The maximum Gasteiger partial charge on any atom is 0.407 e. The van der Waals surface area contributed by atoms with Gasteiger partial charge in [0.25, 0.3) is 0 Å². The Labute approximate surface area is 500 Å². The number of ketones is 1. The number of alkyl carbamates (subject to hydrolysis) is 1. The average molecular weight is 1190 g/mol. The quantitative estimate of drug-likeness (QED) is 0.0680. The fourth-order valence-corrected chi connectivity index (χ4v) is 14.6. The van der Waals surface area contributed by atoms with E-state index >= 15 is 0 Å². The molecule has 0 spiro atoms. The number of fused-ring (bicyclic) bond motifs is 7. The third-order valence-electron chi connectivity index (χ3n) is 19.2. The van der Waals surface area contributed by atoms with Crippen LogP contribution in [0.4, 0.5) is 15.3 Å². The summed E-state index contributed by atoms with van der Waals surface area (Å²) in [6.45, 7) is 18.7. The van der Waals surface area contributed by atoms with Crippen molar-refractivity contribution in [3.05, 3.63) is 54.1 Å². The van der Waals surface area contributed by atoms with Gasteiger partial charge in [0.1, 0.15) is 24.5 Å². The zero-order valence-corrected chi connectivity index (χ0v) is 50.6. The molecular formula is C63H96N6O16. The second-order valence-electron chi connectivity index (χ2n) is 26.3. The second kappa shape index (κ2) is 28.7. The Morgan fingerprint density at radius 1 is 0.812 bits per heavy atom. The highest BCUT2D eigenvalue weighted by atomic mass is 16.7. The van der Waals surface area contributed by atoms with Crippen molar-refractivity contribution < 1.29 is 77.2 Å². The summed E-state index contributed by atoms with van der Waals surface area (Å²) in [7, 11) is 1.58. The Balaban J connectivity index is 0.818. The van der Waals surface area contributed by atoms with Gasteiger partial charge in [-0.2, -0.15) is 0 Å². The SMILES string of the molecule is C=C1C[C@@H]2CC[C@@]3(O)C[C@@H](O)[C@@H]4CC5[C@H]4O[C@H]4CC[C@H](CC(=O)C[C@@H]6[C@@H](OC)[C@@H](C[C@H](O)CNC(=O)OCc7ccc(NC(=O)[C@H](CCCNC(N)=O)NC(=O)[C@@H](NC(C)C)C(C)C)cc7)O[C@H]6C[C@H]6O[C@@H](CC[C@@H]1O2)C[C@@H](C)C6=C)O[C@@H]4[C@@H]5O3. The van der Waals surface area contributed by atoms with Gasteiger partial charge in [0.2, 0.25) is 11.8 Å². The first-order chi connectivity index (χ1) is 40.5. The first kappa shape index (κ1) is 64.9. The molecule has 9 fully saturated rings. The van der Waals surface area contributed by atoms with Crippen molar-refractivity contribution >= 4 is 35.4 Å². The Morgan fingerprint density at radius 3 is 2.28 bits per heavy atom. The molecule has 22 nitrogen and oxygen atoms in total. The Morgan fingerprint density at radius 2 is 1.55 bits per heavy atom. The summed E-state index contributed by atoms with van der Waals surface area (Å²) in [5.74, 6) is -2.87. The number of hydrogen-bond acceptors (Lipinski definition) is 17. The number of aliphatic hydroxyl groups is 3. The lowest BCUT2D eigenvalue weighted by atomic mass is 9.61. The molecule has 21 atom stereocenters. The summed E-state index contributed by atoms with van der Waals surface area (Å²) in [6.07, 6.45) is 0.0243. The summed E-state index contributed by atoms with van der Waals surface area (Å²) in [5.41, 5.74) is 8.26. The summed E-state index contributed by atoms with van der Waals surface area (Å²) < 4.78 is 52.2. The maximum atomic E-state index is 14.5. The van der Waals surface area contributed by atoms with E-state index in [1.54, 1.807) is 31.4 Å². The van der Waals surface area contributed by atoms with Gasteiger partial charge in [-0.25, -0.2) is 9.59 Å². The highest BCUT2D eigenvalue weighted by molar-refractivity contribution is 5.98. The molecule has 11 bridgehead atoms. The monoisotopic (exact) mass is 1190 g/mol. The van der Waals surface area contributed by atoms with Crippen molar-refractivity contribution in [3.8, 4) is 0 Å². The van der Waals surface area contributed by atoms with Crippen molar-refractivity contribution in [1.29, 1.82) is 0 Å². The number of amides is 5. The summed E-state index contributed by atoms with van der Waals surface area (Å²) in [5, 5.41) is 49.3. The molecule has 1 aromatic rings. The van der Waals surface area contributed by atoms with Crippen LogP contribution in [0.2, 0.25) is 0 Å². The van der Waals surface area contributed by atoms with Gasteiger partial charge in [0.15, 0.2) is 5.79 Å². The minimum Gasteiger partial charge on any atom is -0.445 e. The second-order valence-corrected chi connectivity index (χ2v) is 26.3. The van der Waals surface area contributed by atoms with Gasteiger partial charge in [0.05, 0.1) is 85.4 Å². The molecule has 85 heavy (non-hydrogen) atoms. The van der Waals surface area contributed by atoms with Crippen LogP contribution in [0.1, 0.15) is 143 Å². The number of nitrogens with one attached hydrogen (secondary N) is 5. The van der Waals surface area contributed by atoms with Crippen LogP contribution in [0.5, 0.6) is 0 Å². The number of carbonyl (C=O) groups is 5. The summed E-state index contributed by atoms with van der Waals surface area (Å²) >= 11 is 0. The smallest absolute Gasteiger partial charge is 0.407 e. The molecule has 474 valence electrons. The number of aliphatic hydroxyl groups excluding tert-OH is 2. The third-order valence-corrected chi connectivity index (χ3v) is 19.2. The number of ether oxygens (including phenoxy) is 8. The van der Waals surface area contributed by atoms with Crippen LogP contribution in [0.3, 0.4) is 0 Å². The van der Waals surface area contributed by atoms with Crippen LogP contribution in [0.15, 0.2) is 48.6 Å². The van der Waals surface area contributed by atoms with Crippen LogP contribution in [0.25, 0.3) is 0 Å². The van der Waals surface area contributed by atoms with Crippen molar-refractivity contribution in [1.82, 2.24) is 21.3 Å². The fourth-order valence-electron chi connectivity index (χ4n) is 14.6. The molecule has 10 N–H and O–H groups in total. The van der Waals surface area contributed by atoms with Crippen molar-refractivity contribution in [2.75, 3.05) is 25.5 Å². The number of benzene rings is 1. The van der Waals surface area contributed by atoms with Crippen LogP contribution >= 0.6 is 0 Å². The average Bonchev–Trinajstić information content (AvgIpc) is 1.42. The molecule has 1 saturated carbocycles. The number of Topliss-reactive ketones (excluding diaryl/α,β-unsaturated/α-hetero) is 1. The molecule has 8 heterocycles. The molecular weight excluding hydrogens is 1100 g/mol. The molecule has 8 saturated heterocycles. The lowest BCUT2D eigenvalue weighted by Gasteiger charge is -2.61. The van der Waals surface area contributed by atoms with Gasteiger partial charge in [-0.3, -0.25) is 14.4 Å². The number of urea groups is 1. The molecule has 1 unspecified atom stereocenters. The topological polar surface area (TPSA) is 306 Å². The van der Waals surface area contributed by atoms with Crippen molar-refractivity contribution in [3.63, 3.8) is 0 Å². The number of hydrogen-bond donors (Lipinski definition) is 9. The standard InChI is InChI=1S/C63H96N6O16/c1-32(2)54(67-33(3)4)60(74)69-47(10-9-21-65-61(64)75)59(73)68-38-13-11-37(12-14-38)31-79-62(76)66-30-40(71)26-53-56(78-8)45-25-39(70)24-42-16-18-50-58(82-42)57-46-27-44(55(46)84-50)48(72)29-63(77,85-57)20-19-43-23-35(6)49(80-43)17-15-41-22-34(5)36(7)51(81-41)28-52(45)83-53/h11-14,32-34,40-58,67,71-72,77H,6-7,9-10,15-31H2,1-5,8H3,(H,66,76)(H,68,73)(H,69,74)(H3,64,65,75)/t34-,40+,41+,42-,43+,44+,45+,46?,47+,48-,49+,50+,51-,52+,53-,54+,55+,56-,57-,58+,63+/m1/s1. The molecule has 9 aliphatic rings. The lowest BCUT2D eigenvalue weighted by molar-refractivity contribution is -0.369. The van der Waals surface area contributed by atoms with Crippen LogP contribution < -0.4 is 32.3 Å². The van der Waals surface area contributed by atoms with E-state index in [9.17, 15) is 39.3 Å². The predicted octanol–water partition coefficient (Wildman–Crippen LogP) is 5.12. The van der Waals surface area contributed by atoms with Gasteiger partial charge in [-0.05, 0) is 105 Å². The molecule has 1 aromatic carbocycles. The van der Waals surface area contributed by atoms with Crippen molar-refractivity contribution in [2.24, 2.45) is 35.3 Å². The number of carbonyl (C=O) groups excluding carboxylic acids is 5. The van der Waals surface area contributed by atoms with E-state index < -0.39 is 90.7 Å². The molecule has 5 amide bonds. The van der Waals surface area contributed by atoms with E-state index in [1.807, 2.05) is 27.7 Å². The highest BCUT2D eigenvalue weighted by Crippen LogP contribution is 2.54. The van der Waals surface area contributed by atoms with Crippen LogP contribution in [-0.2, 0) is 58.9 Å². The first-order valence-corrected chi connectivity index (χ1v) is 31.4. The van der Waals surface area contributed by atoms with Crippen LogP contribution in [0, 0.1) is 29.6 Å². The first-order valence-electron chi connectivity index (χ1n) is 31.4. The summed E-state index contributed by atoms with van der Waals surface area (Å²) in [4.78, 5) is 65.8. The number of anilines is 1. The predicted molar refractivity (Wildman–Crippen MR) is 312 cm³/mol. The van der Waals surface area contributed by atoms with E-state index in [-0.39, 0.29) is 136 Å². The molecule has 22 heteroatoms. The molecule has 10 rings (SSSR count). The summed E-state index contributed by atoms with van der Waals surface area (Å²) in [6, 6.07) is 4.59. The molecule has 8 aliphatic heterocycles. The molecule has 1 aliphatic carbocycles. The zero-order chi connectivity index (χ0) is 60.9. The van der Waals surface area contributed by atoms with E-state index in [4.69, 9.17) is 43.6 Å². The van der Waals surface area contributed by atoms with E-state index in [0.29, 0.717) is 62.6 Å². The Kier molecular flexibility index (Phi) is 21.9. The Bertz CT molecular complexity index is 2500. The Hall–Kier alpha value is -4.59. The third kappa shape index (κ3) is 16.4. The lowest BCUT2D eigenvalue weighted by Crippen LogP contribution is -2.70. The molecule has 0 aromatic heterocycles. The van der Waals surface area contributed by atoms with Gasteiger partial charge in [-0.1, -0.05) is 59.9 Å². The van der Waals surface area contributed by atoms with Gasteiger partial charge in [0, 0.05) is 88.2 Å². The number of methoxy groups -OCH3 is 1. The highest BCUT2D eigenvalue weighted by Gasteiger charge is 2.62. The zero-order valence-electron chi connectivity index (χ0n) is 50.6.